The third kappa shape index (κ3) is 4.32. The Hall–Kier alpha value is -1.33. The number of phosphoric ester groups is 1. The minimum Gasteiger partial charge on any atom is -0.404 e. The second-order valence-electron chi connectivity index (χ2n) is 5.43. The van der Waals surface area contributed by atoms with Crippen molar-refractivity contribution in [2.24, 2.45) is 0 Å². The van der Waals surface area contributed by atoms with E-state index in [9.17, 15) is 4.57 Å². The molecule has 0 aliphatic carbocycles. The maximum Gasteiger partial charge on any atom is 0.524 e. The van der Waals surface area contributed by atoms with E-state index < -0.39 is 7.82 Å². The van der Waals surface area contributed by atoms with Gasteiger partial charge >= 0.3 is 7.82 Å². The van der Waals surface area contributed by atoms with Crippen LogP contribution in [0, 0.1) is 0 Å². The Morgan fingerprint density at radius 1 is 1.38 bits per heavy atom. The summed E-state index contributed by atoms with van der Waals surface area (Å²) in [5.74, 6) is 0.156. The fraction of sp³-hybridized carbons (Fsp3) is 0.429. The zero-order valence-electron chi connectivity index (χ0n) is 12.4. The van der Waals surface area contributed by atoms with Crippen LogP contribution in [0.25, 0.3) is 10.9 Å². The Morgan fingerprint density at radius 2 is 2.10 bits per heavy atom. The Labute approximate surface area is 124 Å². The van der Waals surface area contributed by atoms with Crippen LogP contribution in [0.3, 0.4) is 0 Å². The molecule has 1 heterocycles. The van der Waals surface area contributed by atoms with Crippen molar-refractivity contribution in [2.75, 3.05) is 13.6 Å². The van der Waals surface area contributed by atoms with Gasteiger partial charge in [-0.1, -0.05) is 0 Å². The number of aromatic amines is 1. The average Bonchev–Trinajstić information content (AvgIpc) is 2.76. The number of nitrogens with zero attached hydrogens (tertiary/aromatic N) is 1. The molecule has 0 spiro atoms. The van der Waals surface area contributed by atoms with E-state index in [1.165, 1.54) is 5.56 Å². The van der Waals surface area contributed by atoms with E-state index in [1.54, 1.807) is 12.1 Å². The Balaban J connectivity index is 2.15. The SMILES string of the molecule is CC(C)N(C)CCc1c[nH]c2cc(OP(=O)(O)O)ccc12. The van der Waals surface area contributed by atoms with E-state index in [0.29, 0.717) is 6.04 Å². The Kier molecular flexibility index (Phi) is 4.74. The summed E-state index contributed by atoms with van der Waals surface area (Å²) in [6.07, 6.45) is 2.84. The molecule has 2 aromatic rings. The molecule has 2 rings (SSSR count). The van der Waals surface area contributed by atoms with Crippen LogP contribution in [-0.4, -0.2) is 39.3 Å². The van der Waals surface area contributed by atoms with Crippen LogP contribution in [0.15, 0.2) is 24.4 Å². The van der Waals surface area contributed by atoms with Gasteiger partial charge in [-0.25, -0.2) is 4.57 Å². The lowest BCUT2D eigenvalue weighted by Crippen LogP contribution is -2.28. The van der Waals surface area contributed by atoms with Crippen molar-refractivity contribution >= 4 is 18.7 Å². The molecule has 0 saturated heterocycles. The number of hydrogen-bond donors (Lipinski definition) is 3. The van der Waals surface area contributed by atoms with Gasteiger partial charge in [-0.3, -0.25) is 9.79 Å². The number of fused-ring (bicyclic) bond motifs is 1. The lowest BCUT2D eigenvalue weighted by atomic mass is 10.1. The molecule has 0 fully saturated rings. The molecule has 116 valence electrons. The molecule has 0 atom stereocenters. The van der Waals surface area contributed by atoms with E-state index in [-0.39, 0.29) is 5.75 Å². The van der Waals surface area contributed by atoms with Gasteiger partial charge in [-0.05, 0) is 45.0 Å². The van der Waals surface area contributed by atoms with E-state index in [0.717, 1.165) is 23.9 Å². The molecule has 3 N–H and O–H groups in total. The van der Waals surface area contributed by atoms with E-state index >= 15 is 0 Å². The van der Waals surface area contributed by atoms with Crippen molar-refractivity contribution < 1.29 is 18.9 Å². The van der Waals surface area contributed by atoms with Crippen LogP contribution in [0.5, 0.6) is 5.75 Å². The maximum absolute atomic E-state index is 10.8. The summed E-state index contributed by atoms with van der Waals surface area (Å²) in [4.78, 5) is 23.0. The third-order valence-electron chi connectivity index (χ3n) is 3.58. The summed E-state index contributed by atoms with van der Waals surface area (Å²) in [6.45, 7) is 5.26. The summed E-state index contributed by atoms with van der Waals surface area (Å²) < 4.78 is 15.4. The lowest BCUT2D eigenvalue weighted by Gasteiger charge is -2.20. The number of aromatic nitrogens is 1. The molecule has 0 aliphatic heterocycles. The minimum atomic E-state index is -4.52. The molecule has 0 unspecified atom stereocenters. The van der Waals surface area contributed by atoms with Crippen LogP contribution in [0.2, 0.25) is 0 Å². The summed E-state index contributed by atoms with van der Waals surface area (Å²) in [6, 6.07) is 5.50. The first kappa shape index (κ1) is 16.0. The highest BCUT2D eigenvalue weighted by molar-refractivity contribution is 7.46. The van der Waals surface area contributed by atoms with Gasteiger partial charge in [0, 0.05) is 35.8 Å². The van der Waals surface area contributed by atoms with Crippen molar-refractivity contribution in [2.45, 2.75) is 26.3 Å². The molecule has 1 aromatic carbocycles. The molecule has 0 bridgehead atoms. The fourth-order valence-corrected chi connectivity index (χ4v) is 2.51. The third-order valence-corrected chi connectivity index (χ3v) is 4.03. The lowest BCUT2D eigenvalue weighted by molar-refractivity contribution is 0.278. The molecule has 21 heavy (non-hydrogen) atoms. The molecular weight excluding hydrogens is 291 g/mol. The van der Waals surface area contributed by atoms with Gasteiger partial charge in [-0.2, -0.15) is 0 Å². The smallest absolute Gasteiger partial charge is 0.404 e. The number of likely N-dealkylation sites (N-methyl/N-ethyl adjacent to an activating group) is 1. The van der Waals surface area contributed by atoms with Gasteiger partial charge in [0.15, 0.2) is 0 Å². The van der Waals surface area contributed by atoms with Crippen LogP contribution in [0.4, 0.5) is 0 Å². The number of hydrogen-bond acceptors (Lipinski definition) is 3. The van der Waals surface area contributed by atoms with Crippen LogP contribution >= 0.6 is 7.82 Å². The summed E-state index contributed by atoms with van der Waals surface area (Å²) in [5.41, 5.74) is 1.99. The molecule has 0 saturated carbocycles. The molecule has 7 heteroatoms. The topological polar surface area (TPSA) is 85.8 Å². The highest BCUT2D eigenvalue weighted by atomic mass is 31.2. The fourth-order valence-electron chi connectivity index (χ4n) is 2.12. The van der Waals surface area contributed by atoms with Crippen molar-refractivity contribution in [1.82, 2.24) is 9.88 Å². The second-order valence-corrected chi connectivity index (χ2v) is 6.59. The first-order chi connectivity index (χ1) is 9.76. The molecule has 6 nitrogen and oxygen atoms in total. The number of nitrogens with one attached hydrogen (secondary N) is 1. The summed E-state index contributed by atoms with van der Waals surface area (Å²) in [7, 11) is -2.43. The predicted octanol–water partition coefficient (Wildman–Crippen LogP) is 2.52. The first-order valence-corrected chi connectivity index (χ1v) is 8.34. The maximum atomic E-state index is 10.8. The van der Waals surface area contributed by atoms with Gasteiger partial charge in [0.1, 0.15) is 5.75 Å². The van der Waals surface area contributed by atoms with Crippen molar-refractivity contribution in [1.29, 1.82) is 0 Å². The van der Waals surface area contributed by atoms with Gasteiger partial charge in [-0.15, -0.1) is 0 Å². The molecule has 0 aliphatic rings. The number of rotatable bonds is 6. The second kappa shape index (κ2) is 6.20. The first-order valence-electron chi connectivity index (χ1n) is 6.81. The number of phosphoric acid groups is 1. The largest absolute Gasteiger partial charge is 0.524 e. The quantitative estimate of drug-likeness (QED) is 0.714. The van der Waals surface area contributed by atoms with Crippen molar-refractivity contribution in [3.05, 3.63) is 30.0 Å². The Bertz CT molecular complexity index is 662. The number of benzene rings is 1. The van der Waals surface area contributed by atoms with Gasteiger partial charge in [0.05, 0.1) is 0 Å². The van der Waals surface area contributed by atoms with Crippen molar-refractivity contribution in [3.8, 4) is 5.75 Å². The van der Waals surface area contributed by atoms with Crippen LogP contribution in [0.1, 0.15) is 19.4 Å². The standard InChI is InChI=1S/C14H21N2O4P/c1-10(2)16(3)7-6-11-9-15-14-8-12(4-5-13(11)14)20-21(17,18)19/h4-5,8-10,15H,6-7H2,1-3H3,(H2,17,18,19). The summed E-state index contributed by atoms with van der Waals surface area (Å²) in [5, 5.41) is 1.05. The van der Waals surface area contributed by atoms with E-state index in [4.69, 9.17) is 9.79 Å². The zero-order chi connectivity index (χ0) is 15.6. The molecule has 0 radical (unpaired) electrons. The molecular formula is C14H21N2O4P. The highest BCUT2D eigenvalue weighted by Gasteiger charge is 2.16. The zero-order valence-corrected chi connectivity index (χ0v) is 13.3. The van der Waals surface area contributed by atoms with E-state index in [2.05, 4.69) is 35.3 Å². The van der Waals surface area contributed by atoms with Crippen LogP contribution in [-0.2, 0) is 11.0 Å². The normalized spacial score (nSPS) is 12.5. The molecule has 0 amide bonds. The van der Waals surface area contributed by atoms with Gasteiger partial charge in [0.25, 0.3) is 0 Å². The molecule has 1 aromatic heterocycles. The van der Waals surface area contributed by atoms with Crippen molar-refractivity contribution in [3.63, 3.8) is 0 Å². The van der Waals surface area contributed by atoms with Crippen LogP contribution < -0.4 is 4.52 Å². The Morgan fingerprint density at radius 3 is 2.71 bits per heavy atom. The number of H-pyrrole nitrogens is 1. The monoisotopic (exact) mass is 312 g/mol. The van der Waals surface area contributed by atoms with Gasteiger partial charge in [0.2, 0.25) is 0 Å². The predicted molar refractivity (Wildman–Crippen MR) is 82.4 cm³/mol. The average molecular weight is 312 g/mol. The summed E-state index contributed by atoms with van der Waals surface area (Å²) >= 11 is 0. The minimum absolute atomic E-state index is 0.156. The van der Waals surface area contributed by atoms with Gasteiger partial charge < -0.3 is 14.4 Å². The highest BCUT2D eigenvalue weighted by Crippen LogP contribution is 2.38. The van der Waals surface area contributed by atoms with E-state index in [1.807, 2.05) is 12.3 Å².